The van der Waals surface area contributed by atoms with Crippen LogP contribution in [0.2, 0.25) is 0 Å². The minimum absolute atomic E-state index is 0.0706. The van der Waals surface area contributed by atoms with Crippen molar-refractivity contribution in [2.45, 2.75) is 412 Å². The van der Waals surface area contributed by atoms with E-state index in [2.05, 4.69) is 57.2 Å². The lowest BCUT2D eigenvalue weighted by atomic mass is 10.0. The molecule has 6 nitrogen and oxygen atoms in total. The monoisotopic (exact) mass is 1140 g/mol. The van der Waals surface area contributed by atoms with Crippen molar-refractivity contribution >= 4 is 17.9 Å². The number of hydrogen-bond acceptors (Lipinski definition) is 6. The largest absolute Gasteiger partial charge is 0.462 e. The predicted molar refractivity (Wildman–Crippen MR) is 353 cm³/mol. The van der Waals surface area contributed by atoms with Crippen LogP contribution >= 0.6 is 0 Å². The molecule has 0 saturated heterocycles. The fourth-order valence-electron chi connectivity index (χ4n) is 11.1. The van der Waals surface area contributed by atoms with E-state index in [0.29, 0.717) is 19.3 Å². The SMILES string of the molecule is CCCCCC/C=C\C/C=C\CCCCCCCCCC(=O)OCC(COC(=O)CCCCCCCCCCCCCCCCCCCCCCCCCC)OC(=O)CCCCCCCCCCC/C=C\CCCCCCCCCC. The number of ether oxygens (including phenoxy) is 3. The zero-order valence-corrected chi connectivity index (χ0v) is 54.8. The molecular weight excluding hydrogens is 997 g/mol. The molecule has 6 heteroatoms. The molecule has 0 heterocycles. The van der Waals surface area contributed by atoms with Crippen LogP contribution in [0.15, 0.2) is 36.5 Å². The molecule has 476 valence electrons. The first kappa shape index (κ1) is 78.6. The Labute approximate surface area is 506 Å². The molecular formula is C75H140O6. The first-order valence-electron chi connectivity index (χ1n) is 36.5. The highest BCUT2D eigenvalue weighted by molar-refractivity contribution is 5.71. The Morgan fingerprint density at radius 2 is 0.444 bits per heavy atom. The van der Waals surface area contributed by atoms with Gasteiger partial charge in [-0.2, -0.15) is 0 Å². The van der Waals surface area contributed by atoms with Gasteiger partial charge in [-0.3, -0.25) is 14.4 Å². The van der Waals surface area contributed by atoms with Gasteiger partial charge in [0, 0.05) is 19.3 Å². The summed E-state index contributed by atoms with van der Waals surface area (Å²) < 4.78 is 17.0. The fourth-order valence-corrected chi connectivity index (χ4v) is 11.1. The van der Waals surface area contributed by atoms with Gasteiger partial charge in [0.2, 0.25) is 0 Å². The molecule has 0 N–H and O–H groups in total. The second kappa shape index (κ2) is 70.1. The van der Waals surface area contributed by atoms with Crippen LogP contribution in [0.4, 0.5) is 0 Å². The van der Waals surface area contributed by atoms with Crippen LogP contribution in [-0.2, 0) is 28.6 Å². The molecule has 0 saturated carbocycles. The number of esters is 3. The van der Waals surface area contributed by atoms with Gasteiger partial charge < -0.3 is 14.2 Å². The summed E-state index contributed by atoms with van der Waals surface area (Å²) in [6, 6.07) is 0. The molecule has 0 aliphatic heterocycles. The molecule has 0 aromatic carbocycles. The topological polar surface area (TPSA) is 78.9 Å². The van der Waals surface area contributed by atoms with E-state index in [9.17, 15) is 14.4 Å². The highest BCUT2D eigenvalue weighted by Crippen LogP contribution is 2.19. The normalized spacial score (nSPS) is 12.2. The van der Waals surface area contributed by atoms with Gasteiger partial charge in [0.15, 0.2) is 6.10 Å². The van der Waals surface area contributed by atoms with Crippen molar-refractivity contribution in [3.63, 3.8) is 0 Å². The predicted octanol–water partition coefficient (Wildman–Crippen LogP) is 25.1. The molecule has 0 spiro atoms. The van der Waals surface area contributed by atoms with Crippen LogP contribution in [0.3, 0.4) is 0 Å². The van der Waals surface area contributed by atoms with Gasteiger partial charge in [-0.05, 0) is 77.0 Å². The molecule has 0 aromatic rings. The highest BCUT2D eigenvalue weighted by atomic mass is 16.6. The molecule has 1 atom stereocenters. The van der Waals surface area contributed by atoms with Gasteiger partial charge in [-0.25, -0.2) is 0 Å². The van der Waals surface area contributed by atoms with E-state index in [4.69, 9.17) is 14.2 Å². The van der Waals surface area contributed by atoms with Crippen molar-refractivity contribution in [2.75, 3.05) is 13.2 Å². The lowest BCUT2D eigenvalue weighted by Crippen LogP contribution is -2.30. The van der Waals surface area contributed by atoms with E-state index < -0.39 is 6.10 Å². The van der Waals surface area contributed by atoms with Gasteiger partial charge in [-0.1, -0.05) is 346 Å². The van der Waals surface area contributed by atoms with Crippen molar-refractivity contribution in [2.24, 2.45) is 0 Å². The summed E-state index contributed by atoms with van der Waals surface area (Å²) in [5.74, 6) is -0.849. The molecule has 0 aliphatic rings. The van der Waals surface area contributed by atoms with Crippen LogP contribution in [-0.4, -0.2) is 37.2 Å². The summed E-state index contributed by atoms with van der Waals surface area (Å²) in [6.45, 7) is 6.70. The standard InChI is InChI=1S/C75H140O6/c1-4-7-10-13-16-19-22-25-28-31-34-36-37-38-40-41-44-47-50-53-56-59-62-65-68-74(77)80-71-72(70-79-73(76)67-64-61-58-55-52-49-46-43-33-30-27-24-21-18-15-12-9-6-3)81-75(78)69-66-63-60-57-54-51-48-45-42-39-35-32-29-26-23-20-17-14-11-8-5-2/h21,24,30,32-33,35,72H,4-20,22-23,25-29,31,34,36-71H2,1-3H3/b24-21-,33-30-,35-32-. The summed E-state index contributed by atoms with van der Waals surface area (Å²) in [6.07, 6.45) is 87.4. The number of carbonyl (C=O) groups is 3. The van der Waals surface area contributed by atoms with Crippen LogP contribution < -0.4 is 0 Å². The molecule has 0 radical (unpaired) electrons. The Bertz CT molecular complexity index is 1350. The van der Waals surface area contributed by atoms with E-state index >= 15 is 0 Å². The molecule has 0 aliphatic carbocycles. The van der Waals surface area contributed by atoms with Crippen LogP contribution in [0.5, 0.6) is 0 Å². The van der Waals surface area contributed by atoms with E-state index in [1.807, 2.05) is 0 Å². The summed E-state index contributed by atoms with van der Waals surface area (Å²) in [5.41, 5.74) is 0. The van der Waals surface area contributed by atoms with Crippen LogP contribution in [0.1, 0.15) is 406 Å². The molecule has 1 unspecified atom stereocenters. The van der Waals surface area contributed by atoms with E-state index in [1.54, 1.807) is 0 Å². The third-order valence-corrected chi connectivity index (χ3v) is 16.6. The Morgan fingerprint density at radius 3 is 0.704 bits per heavy atom. The molecule has 0 fully saturated rings. The zero-order chi connectivity index (χ0) is 58.5. The Kier molecular flexibility index (Phi) is 68.1. The zero-order valence-electron chi connectivity index (χ0n) is 54.8. The van der Waals surface area contributed by atoms with E-state index in [0.717, 1.165) is 70.6 Å². The molecule has 0 bridgehead atoms. The fraction of sp³-hybridized carbons (Fsp3) is 0.880. The van der Waals surface area contributed by atoms with Crippen LogP contribution in [0, 0.1) is 0 Å². The number of rotatable bonds is 68. The number of hydrogen-bond donors (Lipinski definition) is 0. The maximum atomic E-state index is 13.0. The minimum atomic E-state index is -0.776. The van der Waals surface area contributed by atoms with Gasteiger partial charge >= 0.3 is 17.9 Å². The first-order valence-corrected chi connectivity index (χ1v) is 36.5. The van der Waals surface area contributed by atoms with Crippen molar-refractivity contribution in [1.82, 2.24) is 0 Å². The Balaban J connectivity index is 4.30. The maximum Gasteiger partial charge on any atom is 0.306 e. The van der Waals surface area contributed by atoms with E-state index in [-0.39, 0.29) is 31.1 Å². The van der Waals surface area contributed by atoms with Gasteiger partial charge in [0.05, 0.1) is 0 Å². The van der Waals surface area contributed by atoms with Crippen LogP contribution in [0.25, 0.3) is 0 Å². The minimum Gasteiger partial charge on any atom is -0.462 e. The molecule has 0 amide bonds. The lowest BCUT2D eigenvalue weighted by Gasteiger charge is -2.18. The number of carbonyl (C=O) groups excluding carboxylic acids is 3. The third kappa shape index (κ3) is 68.3. The van der Waals surface area contributed by atoms with E-state index in [1.165, 1.54) is 295 Å². The second-order valence-corrected chi connectivity index (χ2v) is 24.9. The van der Waals surface area contributed by atoms with Crippen molar-refractivity contribution in [3.05, 3.63) is 36.5 Å². The lowest BCUT2D eigenvalue weighted by molar-refractivity contribution is -0.167. The summed E-state index contributed by atoms with van der Waals surface area (Å²) in [7, 11) is 0. The van der Waals surface area contributed by atoms with Gasteiger partial charge in [0.25, 0.3) is 0 Å². The Morgan fingerprint density at radius 1 is 0.247 bits per heavy atom. The Hall–Kier alpha value is -2.37. The third-order valence-electron chi connectivity index (χ3n) is 16.6. The molecule has 81 heavy (non-hydrogen) atoms. The molecule has 0 aromatic heterocycles. The molecule has 0 rings (SSSR count). The number of unbranched alkanes of at least 4 members (excludes halogenated alkanes) is 51. The maximum absolute atomic E-state index is 13.0. The average molecular weight is 1140 g/mol. The average Bonchev–Trinajstić information content (AvgIpc) is 3.47. The summed E-state index contributed by atoms with van der Waals surface area (Å²) in [5, 5.41) is 0. The second-order valence-electron chi connectivity index (χ2n) is 24.9. The first-order chi connectivity index (χ1) is 40.0. The smallest absolute Gasteiger partial charge is 0.306 e. The summed E-state index contributed by atoms with van der Waals surface area (Å²) >= 11 is 0. The van der Waals surface area contributed by atoms with Crippen molar-refractivity contribution in [3.8, 4) is 0 Å². The summed E-state index contributed by atoms with van der Waals surface area (Å²) in [4.78, 5) is 38.5. The van der Waals surface area contributed by atoms with Gasteiger partial charge in [-0.15, -0.1) is 0 Å². The van der Waals surface area contributed by atoms with Gasteiger partial charge in [0.1, 0.15) is 13.2 Å². The highest BCUT2D eigenvalue weighted by Gasteiger charge is 2.19. The van der Waals surface area contributed by atoms with Crippen molar-refractivity contribution in [1.29, 1.82) is 0 Å². The van der Waals surface area contributed by atoms with Crippen molar-refractivity contribution < 1.29 is 28.6 Å². The number of allylic oxidation sites excluding steroid dienone is 6. The quantitative estimate of drug-likeness (QED) is 0.0261.